The maximum atomic E-state index is 11.0. The Morgan fingerprint density at radius 2 is 1.96 bits per heavy atom. The van der Waals surface area contributed by atoms with Crippen molar-refractivity contribution >= 4 is 11.8 Å². The lowest BCUT2D eigenvalue weighted by molar-refractivity contribution is -0.805. The van der Waals surface area contributed by atoms with E-state index in [2.05, 4.69) is 18.0 Å². The molecule has 2 N–H and O–H groups in total. The third-order valence-electron chi connectivity index (χ3n) is 4.32. The highest BCUT2D eigenvalue weighted by molar-refractivity contribution is 5.90. The second kappa shape index (κ2) is 10.3. The topological polar surface area (TPSA) is 78.5 Å². The Bertz CT molecular complexity index is 455. The molecule has 1 aliphatic heterocycles. The highest BCUT2D eigenvalue weighted by Gasteiger charge is 2.37. The van der Waals surface area contributed by atoms with E-state index in [1.165, 1.54) is 38.5 Å². The van der Waals surface area contributed by atoms with E-state index in [0.717, 1.165) is 12.8 Å². The van der Waals surface area contributed by atoms with E-state index >= 15 is 0 Å². The summed E-state index contributed by atoms with van der Waals surface area (Å²) in [6, 6.07) is 0. The molecular formula is C18H31N3O2. The molecule has 1 rings (SSSR count). The van der Waals surface area contributed by atoms with Gasteiger partial charge in [-0.3, -0.25) is 5.73 Å². The van der Waals surface area contributed by atoms with Crippen molar-refractivity contribution < 1.29 is 14.4 Å². The van der Waals surface area contributed by atoms with Crippen molar-refractivity contribution in [1.29, 1.82) is 0 Å². The van der Waals surface area contributed by atoms with Gasteiger partial charge in [-0.15, -0.1) is 0 Å². The van der Waals surface area contributed by atoms with Crippen LogP contribution in [0, 0.1) is 0 Å². The van der Waals surface area contributed by atoms with Crippen LogP contribution in [-0.4, -0.2) is 29.0 Å². The summed E-state index contributed by atoms with van der Waals surface area (Å²) < 4.78 is 0.0237. The van der Waals surface area contributed by atoms with E-state index in [0.29, 0.717) is 5.84 Å². The van der Waals surface area contributed by atoms with Gasteiger partial charge in [-0.1, -0.05) is 51.5 Å². The summed E-state index contributed by atoms with van der Waals surface area (Å²) >= 11 is 0. The summed E-state index contributed by atoms with van der Waals surface area (Å²) in [5.74, 6) is -0.450. The third-order valence-corrected chi connectivity index (χ3v) is 4.32. The number of nitrogens with two attached hydrogens (primary N) is 1. The van der Waals surface area contributed by atoms with Crippen LogP contribution in [0.4, 0.5) is 0 Å². The lowest BCUT2D eigenvalue weighted by Gasteiger charge is -2.35. The fourth-order valence-corrected chi connectivity index (χ4v) is 2.84. The smallest absolute Gasteiger partial charge is 0.233 e. The Morgan fingerprint density at radius 1 is 1.30 bits per heavy atom. The number of aliphatic carboxylic acids is 1. The molecule has 2 atom stereocenters. The number of carboxylic acids is 1. The zero-order valence-corrected chi connectivity index (χ0v) is 14.5. The Balaban J connectivity index is 2.39. The van der Waals surface area contributed by atoms with Crippen LogP contribution in [0.2, 0.25) is 0 Å². The van der Waals surface area contributed by atoms with E-state index in [9.17, 15) is 9.90 Å². The molecule has 0 radical (unpaired) electrons. The van der Waals surface area contributed by atoms with Crippen molar-refractivity contribution in [2.75, 3.05) is 6.54 Å². The van der Waals surface area contributed by atoms with Crippen LogP contribution in [0.1, 0.15) is 65.2 Å². The quantitative estimate of drug-likeness (QED) is 0.443. The van der Waals surface area contributed by atoms with Crippen molar-refractivity contribution in [3.63, 3.8) is 0 Å². The molecule has 130 valence electrons. The first-order valence-electron chi connectivity index (χ1n) is 8.78. The van der Waals surface area contributed by atoms with Gasteiger partial charge in [0.1, 0.15) is 18.9 Å². The van der Waals surface area contributed by atoms with Crippen LogP contribution in [0.5, 0.6) is 0 Å². The number of allylic oxidation sites excluding steroid dienone is 1. The van der Waals surface area contributed by atoms with Crippen LogP contribution in [0.3, 0.4) is 0 Å². The van der Waals surface area contributed by atoms with Crippen molar-refractivity contribution in [3.05, 3.63) is 24.6 Å². The molecule has 0 aliphatic carbocycles. The van der Waals surface area contributed by atoms with Crippen LogP contribution < -0.4 is 10.8 Å². The number of carbonyl (C=O) groups is 1. The molecule has 0 saturated carbocycles. The normalized spacial score (nSPS) is 21.8. The van der Waals surface area contributed by atoms with Gasteiger partial charge in [-0.25, -0.2) is 4.48 Å². The predicted molar refractivity (Wildman–Crippen MR) is 92.1 cm³/mol. The molecule has 0 aromatic rings. The van der Waals surface area contributed by atoms with Crippen LogP contribution in [0.15, 0.2) is 29.5 Å². The van der Waals surface area contributed by atoms with Crippen LogP contribution >= 0.6 is 0 Å². The molecule has 0 amide bonds. The zero-order valence-electron chi connectivity index (χ0n) is 14.5. The summed E-state index contributed by atoms with van der Waals surface area (Å²) in [7, 11) is 0. The highest BCUT2D eigenvalue weighted by Crippen LogP contribution is 2.20. The van der Waals surface area contributed by atoms with Crippen molar-refractivity contribution in [2.24, 2.45) is 10.7 Å². The molecule has 0 saturated heterocycles. The van der Waals surface area contributed by atoms with Crippen molar-refractivity contribution in [2.45, 2.75) is 71.4 Å². The monoisotopic (exact) mass is 321 g/mol. The zero-order chi connectivity index (χ0) is 17.1. The van der Waals surface area contributed by atoms with Gasteiger partial charge >= 0.3 is 0 Å². The number of unbranched alkanes of at least 4 members (excludes halogenated alkanes) is 7. The molecule has 0 fully saturated rings. The summed E-state index contributed by atoms with van der Waals surface area (Å²) in [6.07, 6.45) is 16.9. The molecule has 23 heavy (non-hydrogen) atoms. The van der Waals surface area contributed by atoms with Gasteiger partial charge in [0, 0.05) is 13.0 Å². The highest BCUT2D eigenvalue weighted by atomic mass is 16.4. The number of nitrogens with zero attached hydrogens (tertiary/aromatic N) is 2. The van der Waals surface area contributed by atoms with Crippen LogP contribution in [0.25, 0.3) is 0 Å². The van der Waals surface area contributed by atoms with Gasteiger partial charge in [0.05, 0.1) is 12.2 Å². The maximum Gasteiger partial charge on any atom is 0.233 e. The Hall–Kier alpha value is -1.46. The first kappa shape index (κ1) is 19.6. The number of rotatable bonds is 12. The van der Waals surface area contributed by atoms with Crippen molar-refractivity contribution in [3.8, 4) is 0 Å². The molecular weight excluding hydrogens is 290 g/mol. The number of carbonyl (C=O) groups excluding carboxylic acids is 1. The van der Waals surface area contributed by atoms with E-state index < -0.39 is 5.97 Å². The molecule has 2 unspecified atom stereocenters. The number of aliphatic imine (C=N–C) groups is 1. The fourth-order valence-electron chi connectivity index (χ4n) is 2.84. The first-order valence-corrected chi connectivity index (χ1v) is 8.78. The van der Waals surface area contributed by atoms with E-state index in [4.69, 9.17) is 5.73 Å². The summed E-state index contributed by atoms with van der Waals surface area (Å²) in [5.41, 5.74) is 6.00. The Morgan fingerprint density at radius 3 is 2.57 bits per heavy atom. The molecule has 0 bridgehead atoms. The third kappa shape index (κ3) is 6.28. The molecule has 0 aromatic heterocycles. The largest absolute Gasteiger partial charge is 0.544 e. The minimum atomic E-state index is -1.12. The van der Waals surface area contributed by atoms with E-state index in [1.807, 2.05) is 6.08 Å². The maximum absolute atomic E-state index is 11.0. The van der Waals surface area contributed by atoms with Gasteiger partial charge in [-0.2, -0.15) is 4.99 Å². The molecule has 1 heterocycles. The minimum Gasteiger partial charge on any atom is -0.544 e. The summed E-state index contributed by atoms with van der Waals surface area (Å²) in [4.78, 5) is 15.3. The van der Waals surface area contributed by atoms with E-state index in [1.54, 1.807) is 19.3 Å². The minimum absolute atomic E-state index is 0.0237. The van der Waals surface area contributed by atoms with Crippen LogP contribution in [-0.2, 0) is 4.79 Å². The van der Waals surface area contributed by atoms with Gasteiger partial charge < -0.3 is 9.90 Å². The molecule has 0 spiro atoms. The summed E-state index contributed by atoms with van der Waals surface area (Å²) in [6.45, 7) is 3.83. The Kier molecular flexibility index (Phi) is 8.81. The number of hydrogen-bond acceptors (Lipinski definition) is 4. The molecule has 1 aliphatic rings. The van der Waals surface area contributed by atoms with Gasteiger partial charge in [0.25, 0.3) is 0 Å². The number of hydrogen-bond donors (Lipinski definition) is 1. The number of carboxylic acid groups (broad SMARTS) is 1. The summed E-state index contributed by atoms with van der Waals surface area (Å²) in [5, 5.41) is 11.0. The van der Waals surface area contributed by atoms with E-state index in [-0.39, 0.29) is 17.2 Å². The Labute approximate surface area is 140 Å². The lowest BCUT2D eigenvalue weighted by Crippen LogP contribution is -2.60. The van der Waals surface area contributed by atoms with Gasteiger partial charge in [0.15, 0.2) is 0 Å². The standard InChI is InChI=1S/C18H31N3O2/c1-3-4-5-6-7-8-9-10-11-12-17-20-13-14-21(17,16(2)19)15-18(22)23/h11-14,16H,3-10,15,19H2,1-2H3/b12-11+. The SMILES string of the molecule is CCCCCCCCC/C=C/C1=NC=C[N+]1(CC(=O)[O-])C(C)N. The van der Waals surface area contributed by atoms with Gasteiger partial charge in [-0.05, 0) is 12.8 Å². The first-order chi connectivity index (χ1) is 11.0. The van der Waals surface area contributed by atoms with Crippen molar-refractivity contribution in [1.82, 2.24) is 0 Å². The second-order valence-corrected chi connectivity index (χ2v) is 6.30. The molecule has 5 heteroatoms. The molecule has 5 nitrogen and oxygen atoms in total. The van der Waals surface area contributed by atoms with Gasteiger partial charge in [0.2, 0.25) is 5.84 Å². The average Bonchev–Trinajstić information content (AvgIpc) is 2.89. The molecule has 0 aromatic carbocycles. The number of amidine groups is 1. The predicted octanol–water partition coefficient (Wildman–Crippen LogP) is 2.44. The average molecular weight is 321 g/mol. The number of quaternary nitrogens is 1. The lowest BCUT2D eigenvalue weighted by atomic mass is 10.1. The second-order valence-electron chi connectivity index (χ2n) is 6.30. The fraction of sp³-hybridized carbons (Fsp3) is 0.667.